The number of anilines is 2. The molecule has 0 radical (unpaired) electrons. The van der Waals surface area contributed by atoms with Crippen molar-refractivity contribution in [3.05, 3.63) is 101 Å². The van der Waals surface area contributed by atoms with Crippen molar-refractivity contribution in [3.63, 3.8) is 0 Å². The minimum Gasteiger partial charge on any atom is -0.493 e. The maximum absolute atomic E-state index is 13.8. The number of fused-ring (bicyclic) bond motifs is 2. The van der Waals surface area contributed by atoms with E-state index >= 15 is 0 Å². The average Bonchev–Trinajstić information content (AvgIpc) is 3.51. The second-order valence-electron chi connectivity index (χ2n) is 13.6. The number of aliphatic carboxylic acids is 1. The van der Waals surface area contributed by atoms with E-state index in [1.807, 2.05) is 94.4 Å². The molecule has 0 saturated carbocycles. The summed E-state index contributed by atoms with van der Waals surface area (Å²) in [5.74, 6) is -0.244. The number of hydrogen-bond donors (Lipinski definition) is 2. The van der Waals surface area contributed by atoms with Crippen molar-refractivity contribution in [2.75, 3.05) is 23.4 Å². The molecule has 3 aromatic carbocycles. The topological polar surface area (TPSA) is 131 Å². The number of thiazole rings is 1. The van der Waals surface area contributed by atoms with Crippen LogP contribution in [0.15, 0.2) is 72.8 Å². The predicted molar refractivity (Wildman–Crippen MR) is 200 cm³/mol. The first-order valence-corrected chi connectivity index (χ1v) is 18.0. The zero-order chi connectivity index (χ0) is 36.1. The highest BCUT2D eigenvalue weighted by Crippen LogP contribution is 2.35. The molecule has 264 valence electrons. The Kier molecular flexibility index (Phi) is 10.7. The van der Waals surface area contributed by atoms with Crippen LogP contribution in [0.25, 0.3) is 21.3 Å². The normalized spacial score (nSPS) is 12.7. The van der Waals surface area contributed by atoms with E-state index < -0.39 is 17.5 Å². The number of nitrogens with one attached hydrogen (secondary N) is 1. The van der Waals surface area contributed by atoms with E-state index in [0.717, 1.165) is 45.3 Å². The number of hydrogen-bond acceptors (Lipinski definition) is 9. The third kappa shape index (κ3) is 8.54. The highest BCUT2D eigenvalue weighted by Gasteiger charge is 2.28. The van der Waals surface area contributed by atoms with Gasteiger partial charge >= 0.3 is 11.9 Å². The quantitative estimate of drug-likeness (QED) is 0.0969. The monoisotopic (exact) mass is 706 g/mol. The highest BCUT2D eigenvalue weighted by atomic mass is 32.1. The molecule has 5 aromatic rings. The number of ether oxygens (including phenoxy) is 2. The van der Waals surface area contributed by atoms with Crippen LogP contribution in [0.5, 0.6) is 5.75 Å². The van der Waals surface area contributed by atoms with Gasteiger partial charge < -0.3 is 19.5 Å². The number of carboxylic acid groups (broad SMARTS) is 1. The van der Waals surface area contributed by atoms with Crippen LogP contribution in [0, 0.1) is 6.92 Å². The summed E-state index contributed by atoms with van der Waals surface area (Å²) in [4.78, 5) is 49.8. The number of unbranched alkanes of at least 4 members (excludes halogenated alkanes) is 2. The molecular weight excluding hydrogens is 665 g/mol. The second kappa shape index (κ2) is 15.3. The van der Waals surface area contributed by atoms with Crippen LogP contribution in [0.2, 0.25) is 0 Å². The minimum absolute atomic E-state index is 0.149. The summed E-state index contributed by atoms with van der Waals surface area (Å²) in [6, 6.07) is 23.1. The van der Waals surface area contributed by atoms with Crippen molar-refractivity contribution < 1.29 is 29.0 Å². The van der Waals surface area contributed by atoms with Crippen molar-refractivity contribution in [1.29, 1.82) is 0 Å². The smallest absolute Gasteiger partial charge is 0.358 e. The van der Waals surface area contributed by atoms with E-state index in [2.05, 4.69) is 21.3 Å². The summed E-state index contributed by atoms with van der Waals surface area (Å²) in [6.45, 7) is 8.98. The molecule has 0 fully saturated rings. The summed E-state index contributed by atoms with van der Waals surface area (Å²) >= 11 is 1.44. The number of pyridine rings is 1. The molecule has 1 aliphatic rings. The van der Waals surface area contributed by atoms with Gasteiger partial charge in [0, 0.05) is 30.6 Å². The number of carboxylic acids is 1. The Hall–Kier alpha value is -5.29. The average molecular weight is 707 g/mol. The van der Waals surface area contributed by atoms with Crippen LogP contribution in [0.3, 0.4) is 0 Å². The predicted octanol–water partition coefficient (Wildman–Crippen LogP) is 8.46. The molecule has 3 heterocycles. The van der Waals surface area contributed by atoms with Gasteiger partial charge in [-0.3, -0.25) is 14.9 Å². The van der Waals surface area contributed by atoms with Crippen LogP contribution in [0.4, 0.5) is 10.9 Å². The van der Waals surface area contributed by atoms with Crippen LogP contribution in [0.1, 0.15) is 84.0 Å². The number of benzene rings is 3. The van der Waals surface area contributed by atoms with Gasteiger partial charge in [-0.05, 0) is 112 Å². The van der Waals surface area contributed by atoms with Crippen molar-refractivity contribution in [2.24, 2.45) is 0 Å². The standard InChI is InChI=1S/C40H42N4O6S/c1-25-27(13-11-16-32(25)49-23-9-5-6-18-35(45)46)28-19-20-34(42-36(28)38(48)50-40(2,3)4)44-22-21-26-12-10-14-29(30(26)24-44)37(47)43-39-41-31-15-7-8-17-33(31)51-39/h7-8,10-17,19-20H,5-6,9,18,21-24H2,1-4H3,(H,45,46)(H,41,43,47). The van der Waals surface area contributed by atoms with Crippen LogP contribution in [-0.4, -0.2) is 51.7 Å². The maximum atomic E-state index is 13.8. The fraction of sp³-hybridized carbons (Fsp3) is 0.325. The number of rotatable bonds is 12. The molecule has 0 aliphatic carbocycles. The van der Waals surface area contributed by atoms with E-state index in [4.69, 9.17) is 19.6 Å². The van der Waals surface area contributed by atoms with E-state index in [-0.39, 0.29) is 18.0 Å². The first-order chi connectivity index (χ1) is 24.5. The molecule has 1 aliphatic heterocycles. The summed E-state index contributed by atoms with van der Waals surface area (Å²) in [5, 5.41) is 12.4. The molecule has 1 amide bonds. The lowest BCUT2D eigenvalue weighted by atomic mass is 9.94. The number of carbonyl (C=O) groups excluding carboxylic acids is 2. The van der Waals surface area contributed by atoms with Crippen molar-refractivity contribution in [3.8, 4) is 16.9 Å². The summed E-state index contributed by atoms with van der Waals surface area (Å²) in [6.07, 6.45) is 2.96. The van der Waals surface area contributed by atoms with E-state index in [9.17, 15) is 14.4 Å². The van der Waals surface area contributed by atoms with Gasteiger partial charge in [0.05, 0.1) is 16.8 Å². The first kappa shape index (κ1) is 35.5. The number of esters is 1. The fourth-order valence-electron chi connectivity index (χ4n) is 6.20. The molecule has 51 heavy (non-hydrogen) atoms. The van der Waals surface area contributed by atoms with Gasteiger partial charge in [0.2, 0.25) is 0 Å². The molecular formula is C40H42N4O6S. The SMILES string of the molecule is Cc1c(OCCCCCC(=O)O)cccc1-c1ccc(N2CCc3cccc(C(=O)Nc4nc5ccccc5s4)c3C2)nc1C(=O)OC(C)(C)C. The van der Waals surface area contributed by atoms with Gasteiger partial charge in [-0.1, -0.05) is 47.7 Å². The highest BCUT2D eigenvalue weighted by molar-refractivity contribution is 7.22. The van der Waals surface area contributed by atoms with Crippen LogP contribution in [-0.2, 0) is 22.5 Å². The van der Waals surface area contributed by atoms with Gasteiger partial charge in [-0.15, -0.1) is 0 Å². The lowest BCUT2D eigenvalue weighted by Gasteiger charge is -2.31. The first-order valence-electron chi connectivity index (χ1n) is 17.2. The molecule has 2 aromatic heterocycles. The molecule has 10 nitrogen and oxygen atoms in total. The number of para-hydroxylation sites is 1. The Morgan fingerprint density at radius 1 is 0.922 bits per heavy atom. The zero-order valence-electron chi connectivity index (χ0n) is 29.3. The van der Waals surface area contributed by atoms with Gasteiger partial charge in [0.1, 0.15) is 17.2 Å². The Morgan fingerprint density at radius 2 is 1.73 bits per heavy atom. The Bertz CT molecular complexity index is 2050. The van der Waals surface area contributed by atoms with Gasteiger partial charge in [0.15, 0.2) is 10.8 Å². The van der Waals surface area contributed by atoms with Crippen LogP contribution < -0.4 is 15.0 Å². The van der Waals surface area contributed by atoms with Gasteiger partial charge in [-0.25, -0.2) is 14.8 Å². The molecule has 0 spiro atoms. The maximum Gasteiger partial charge on any atom is 0.358 e. The molecule has 11 heteroatoms. The van der Waals surface area contributed by atoms with E-state index in [0.29, 0.717) is 60.4 Å². The zero-order valence-corrected chi connectivity index (χ0v) is 30.1. The Balaban J connectivity index is 1.26. The van der Waals surface area contributed by atoms with Crippen molar-refractivity contribution >= 4 is 50.3 Å². The van der Waals surface area contributed by atoms with Crippen LogP contribution >= 0.6 is 11.3 Å². The fourth-order valence-corrected chi connectivity index (χ4v) is 7.06. The largest absolute Gasteiger partial charge is 0.493 e. The van der Waals surface area contributed by atoms with Crippen molar-refractivity contribution in [1.82, 2.24) is 9.97 Å². The third-order valence-electron chi connectivity index (χ3n) is 8.70. The lowest BCUT2D eigenvalue weighted by Crippen LogP contribution is -2.33. The second-order valence-corrected chi connectivity index (χ2v) is 14.6. The molecule has 0 bridgehead atoms. The lowest BCUT2D eigenvalue weighted by molar-refractivity contribution is -0.137. The molecule has 6 rings (SSSR count). The minimum atomic E-state index is -0.793. The molecule has 0 saturated heterocycles. The third-order valence-corrected chi connectivity index (χ3v) is 9.65. The number of carbonyl (C=O) groups is 3. The molecule has 0 unspecified atom stereocenters. The number of aromatic nitrogens is 2. The van der Waals surface area contributed by atoms with E-state index in [1.54, 1.807) is 0 Å². The molecule has 0 atom stereocenters. The molecule has 2 N–H and O–H groups in total. The Labute approximate surface area is 301 Å². The van der Waals surface area contributed by atoms with Crippen molar-refractivity contribution in [2.45, 2.75) is 71.9 Å². The Morgan fingerprint density at radius 3 is 2.51 bits per heavy atom. The van der Waals surface area contributed by atoms with E-state index in [1.165, 1.54) is 11.3 Å². The summed E-state index contributed by atoms with van der Waals surface area (Å²) in [5.41, 5.74) is 5.19. The number of nitrogens with zero attached hydrogens (tertiary/aromatic N) is 3. The summed E-state index contributed by atoms with van der Waals surface area (Å²) in [7, 11) is 0. The summed E-state index contributed by atoms with van der Waals surface area (Å²) < 4.78 is 12.9. The van der Waals surface area contributed by atoms with Gasteiger partial charge in [-0.2, -0.15) is 0 Å². The number of amides is 1. The van der Waals surface area contributed by atoms with Gasteiger partial charge in [0.25, 0.3) is 5.91 Å².